The van der Waals surface area contributed by atoms with E-state index in [9.17, 15) is 8.42 Å². The van der Waals surface area contributed by atoms with Crippen LogP contribution in [-0.2, 0) is 10.0 Å². The van der Waals surface area contributed by atoms with Crippen molar-refractivity contribution in [2.75, 3.05) is 6.54 Å². The maximum atomic E-state index is 11.9. The number of aliphatic hydroxyl groups is 1. The Balaban J connectivity index is 3.11. The van der Waals surface area contributed by atoms with Crippen LogP contribution < -0.4 is 4.72 Å². The van der Waals surface area contributed by atoms with Crippen molar-refractivity contribution in [3.63, 3.8) is 0 Å². The molecule has 0 radical (unpaired) electrons. The molecule has 1 aromatic rings. The molecule has 0 aromatic heterocycles. The van der Waals surface area contributed by atoms with Gasteiger partial charge >= 0.3 is 0 Å². The molecule has 0 saturated carbocycles. The minimum atomic E-state index is -3.61. The number of nitrogens with one attached hydrogen (secondary N) is 1. The first-order valence-electron chi connectivity index (χ1n) is 4.87. The summed E-state index contributed by atoms with van der Waals surface area (Å²) in [7, 11) is -3.61. The third-order valence-corrected chi connectivity index (χ3v) is 5.31. The fourth-order valence-electron chi connectivity index (χ4n) is 1.14. The van der Waals surface area contributed by atoms with Crippen LogP contribution in [0, 0.1) is 6.92 Å². The fourth-order valence-corrected chi connectivity index (χ4v) is 3.94. The maximum absolute atomic E-state index is 11.9. The largest absolute Gasteiger partial charge is 0.392 e. The van der Waals surface area contributed by atoms with E-state index in [2.05, 4.69) is 36.6 Å². The van der Waals surface area contributed by atoms with Gasteiger partial charge in [-0.1, -0.05) is 15.9 Å². The monoisotopic (exact) mass is 385 g/mol. The molecule has 0 heterocycles. The van der Waals surface area contributed by atoms with Gasteiger partial charge < -0.3 is 5.11 Å². The summed E-state index contributed by atoms with van der Waals surface area (Å²) in [6.45, 7) is 3.37. The third kappa shape index (κ3) is 4.03. The van der Waals surface area contributed by atoms with Crippen LogP contribution in [0.5, 0.6) is 0 Å². The summed E-state index contributed by atoms with van der Waals surface area (Å²) < 4.78 is 27.4. The Kier molecular flexibility index (Phi) is 5.15. The molecule has 0 aliphatic rings. The molecule has 0 bridgehead atoms. The second kappa shape index (κ2) is 5.79. The van der Waals surface area contributed by atoms with E-state index >= 15 is 0 Å². The molecule has 0 aliphatic heterocycles. The lowest BCUT2D eigenvalue weighted by atomic mass is 10.2. The molecule has 1 atom stereocenters. The average molecular weight is 387 g/mol. The second-order valence-corrected chi connectivity index (χ2v) is 7.18. The van der Waals surface area contributed by atoms with Gasteiger partial charge in [0.25, 0.3) is 0 Å². The van der Waals surface area contributed by atoms with E-state index in [1.54, 1.807) is 6.07 Å². The summed E-state index contributed by atoms with van der Waals surface area (Å²) >= 11 is 6.51. The normalized spacial score (nSPS) is 13.7. The summed E-state index contributed by atoms with van der Waals surface area (Å²) in [5.74, 6) is 0. The number of aryl methyl sites for hydroxylation is 1. The molecule has 0 aliphatic carbocycles. The van der Waals surface area contributed by atoms with Gasteiger partial charge in [0.05, 0.1) is 11.0 Å². The van der Waals surface area contributed by atoms with Crippen molar-refractivity contribution < 1.29 is 13.5 Å². The Bertz CT molecular complexity index is 515. The van der Waals surface area contributed by atoms with Gasteiger partial charge in [0.15, 0.2) is 0 Å². The Morgan fingerprint density at radius 1 is 1.35 bits per heavy atom. The zero-order valence-electron chi connectivity index (χ0n) is 9.37. The fraction of sp³-hybridized carbons (Fsp3) is 0.400. The average Bonchev–Trinajstić information content (AvgIpc) is 2.20. The molecule has 0 fully saturated rings. The van der Waals surface area contributed by atoms with Crippen molar-refractivity contribution in [1.29, 1.82) is 0 Å². The predicted molar refractivity (Wildman–Crippen MR) is 73.4 cm³/mol. The van der Waals surface area contributed by atoms with Crippen molar-refractivity contribution in [3.05, 3.63) is 26.6 Å². The van der Waals surface area contributed by atoms with E-state index in [-0.39, 0.29) is 11.4 Å². The molecule has 2 N–H and O–H groups in total. The Morgan fingerprint density at radius 3 is 2.47 bits per heavy atom. The lowest BCUT2D eigenvalue weighted by Gasteiger charge is -2.11. The number of halogens is 2. The SMILES string of the molecule is Cc1cc(Br)c(S(=O)(=O)NCC(C)O)cc1Br. The van der Waals surface area contributed by atoms with Crippen molar-refractivity contribution in [2.45, 2.75) is 24.8 Å². The first-order valence-corrected chi connectivity index (χ1v) is 7.94. The topological polar surface area (TPSA) is 66.4 Å². The maximum Gasteiger partial charge on any atom is 0.241 e. The molecule has 1 unspecified atom stereocenters. The van der Waals surface area contributed by atoms with E-state index in [1.165, 1.54) is 13.0 Å². The van der Waals surface area contributed by atoms with Gasteiger partial charge in [0, 0.05) is 15.5 Å². The van der Waals surface area contributed by atoms with E-state index in [0.717, 1.165) is 10.0 Å². The molecule has 1 aromatic carbocycles. The Morgan fingerprint density at radius 2 is 1.94 bits per heavy atom. The minimum absolute atomic E-state index is 0.0136. The smallest absolute Gasteiger partial charge is 0.241 e. The van der Waals surface area contributed by atoms with E-state index < -0.39 is 16.1 Å². The van der Waals surface area contributed by atoms with Gasteiger partial charge in [-0.25, -0.2) is 13.1 Å². The molecular weight excluding hydrogens is 374 g/mol. The van der Waals surface area contributed by atoms with Crippen molar-refractivity contribution in [1.82, 2.24) is 4.72 Å². The summed E-state index contributed by atoms with van der Waals surface area (Å²) in [4.78, 5) is 0.149. The van der Waals surface area contributed by atoms with Gasteiger partial charge in [0.1, 0.15) is 0 Å². The number of hydrogen-bond donors (Lipinski definition) is 2. The molecule has 4 nitrogen and oxygen atoms in total. The van der Waals surface area contributed by atoms with Crippen LogP contribution in [0.2, 0.25) is 0 Å². The highest BCUT2D eigenvalue weighted by molar-refractivity contribution is 9.11. The van der Waals surface area contributed by atoms with Gasteiger partial charge in [-0.3, -0.25) is 0 Å². The summed E-state index contributed by atoms with van der Waals surface area (Å²) in [6.07, 6.45) is -0.725. The first-order chi connectivity index (χ1) is 7.74. The molecule has 96 valence electrons. The van der Waals surface area contributed by atoms with Crippen molar-refractivity contribution in [3.8, 4) is 0 Å². The Labute approximate surface area is 118 Å². The van der Waals surface area contributed by atoms with Crippen LogP contribution >= 0.6 is 31.9 Å². The van der Waals surface area contributed by atoms with E-state index in [4.69, 9.17) is 5.11 Å². The van der Waals surface area contributed by atoms with Crippen LogP contribution in [0.1, 0.15) is 12.5 Å². The van der Waals surface area contributed by atoms with Gasteiger partial charge in [-0.15, -0.1) is 0 Å². The molecule has 17 heavy (non-hydrogen) atoms. The van der Waals surface area contributed by atoms with Crippen LogP contribution in [0.4, 0.5) is 0 Å². The predicted octanol–water partition coefficient (Wildman–Crippen LogP) is 2.18. The Hall–Kier alpha value is 0.0500. The van der Waals surface area contributed by atoms with Gasteiger partial charge in [-0.05, 0) is 47.5 Å². The van der Waals surface area contributed by atoms with Gasteiger partial charge in [0.2, 0.25) is 10.0 Å². The van der Waals surface area contributed by atoms with Crippen molar-refractivity contribution >= 4 is 41.9 Å². The van der Waals surface area contributed by atoms with Gasteiger partial charge in [-0.2, -0.15) is 0 Å². The quantitative estimate of drug-likeness (QED) is 0.833. The van der Waals surface area contributed by atoms with Crippen LogP contribution in [-0.4, -0.2) is 26.2 Å². The highest BCUT2D eigenvalue weighted by Crippen LogP contribution is 2.28. The summed E-state index contributed by atoms with van der Waals surface area (Å²) in [5, 5.41) is 9.08. The highest BCUT2D eigenvalue weighted by atomic mass is 79.9. The molecule has 0 saturated heterocycles. The number of hydrogen-bond acceptors (Lipinski definition) is 3. The second-order valence-electron chi connectivity index (χ2n) is 3.73. The van der Waals surface area contributed by atoms with E-state index in [0.29, 0.717) is 4.47 Å². The molecule has 1 rings (SSSR count). The molecule has 0 spiro atoms. The highest BCUT2D eigenvalue weighted by Gasteiger charge is 2.19. The van der Waals surface area contributed by atoms with Crippen molar-refractivity contribution in [2.24, 2.45) is 0 Å². The van der Waals surface area contributed by atoms with Crippen LogP contribution in [0.3, 0.4) is 0 Å². The zero-order chi connectivity index (χ0) is 13.2. The summed E-state index contributed by atoms with van der Waals surface area (Å²) in [5.41, 5.74) is 0.936. The number of benzene rings is 1. The minimum Gasteiger partial charge on any atom is -0.392 e. The first kappa shape index (κ1) is 15.1. The van der Waals surface area contributed by atoms with E-state index in [1.807, 2.05) is 6.92 Å². The molecule has 7 heteroatoms. The summed E-state index contributed by atoms with van der Waals surface area (Å²) in [6, 6.07) is 3.25. The lowest BCUT2D eigenvalue weighted by Crippen LogP contribution is -2.30. The molecule has 0 amide bonds. The standard InChI is InChI=1S/C10H13Br2NO3S/c1-6-3-9(12)10(4-8(6)11)17(15,16)13-5-7(2)14/h3-4,7,13-14H,5H2,1-2H3. The third-order valence-electron chi connectivity index (χ3n) is 2.07. The molecular formula is C10H13Br2NO3S. The number of sulfonamides is 1. The number of aliphatic hydroxyl groups excluding tert-OH is 1. The van der Waals surface area contributed by atoms with Crippen LogP contribution in [0.25, 0.3) is 0 Å². The number of rotatable bonds is 4. The zero-order valence-corrected chi connectivity index (χ0v) is 13.4. The lowest BCUT2D eigenvalue weighted by molar-refractivity contribution is 0.198. The van der Waals surface area contributed by atoms with Crippen LogP contribution in [0.15, 0.2) is 26.0 Å².